The van der Waals surface area contributed by atoms with Crippen molar-refractivity contribution in [3.8, 4) is 0 Å². The minimum Gasteiger partial charge on any atom is -0.550 e. The molecule has 2 amide bonds. The molecule has 0 spiro atoms. The highest BCUT2D eigenvalue weighted by Crippen LogP contribution is 2.12. The van der Waals surface area contributed by atoms with E-state index in [1.165, 1.54) is 0 Å². The van der Waals surface area contributed by atoms with Crippen molar-refractivity contribution in [2.45, 2.75) is 31.7 Å². The third-order valence-electron chi connectivity index (χ3n) is 4.77. The fourth-order valence-electron chi connectivity index (χ4n) is 3.13. The number of sulfonamides is 1. The number of amides is 2. The van der Waals surface area contributed by atoms with Crippen LogP contribution in [0.25, 0.3) is 0 Å². The Morgan fingerprint density at radius 1 is 1.14 bits per heavy atom. The molecule has 194 valence electrons. The summed E-state index contributed by atoms with van der Waals surface area (Å²) in [6.45, 7) is 1.38. The fourth-order valence-corrected chi connectivity index (χ4v) is 4.34. The molecule has 1 aliphatic heterocycles. The Bertz CT molecular complexity index is 1170. The average Bonchev–Trinajstić information content (AvgIpc) is 2.80. The van der Waals surface area contributed by atoms with Gasteiger partial charge in [-0.25, -0.2) is 8.42 Å². The highest BCUT2D eigenvalue weighted by atomic mass is 32.2. The summed E-state index contributed by atoms with van der Waals surface area (Å²) in [5, 5.41) is 18.1. The van der Waals surface area contributed by atoms with Crippen LogP contribution in [0.4, 0.5) is 0 Å². The molecule has 12 nitrogen and oxygen atoms in total. The van der Waals surface area contributed by atoms with E-state index in [1.807, 2.05) is 0 Å². The molecule has 1 heterocycles. The minimum atomic E-state index is -3.80. The molecule has 1 atom stereocenters. The van der Waals surface area contributed by atoms with Gasteiger partial charge in [0.15, 0.2) is 0 Å². The van der Waals surface area contributed by atoms with Crippen molar-refractivity contribution in [3.05, 3.63) is 71.3 Å². The molecule has 36 heavy (non-hydrogen) atoms. The zero-order valence-electron chi connectivity index (χ0n) is 19.7. The van der Waals surface area contributed by atoms with Crippen molar-refractivity contribution in [1.29, 1.82) is 0 Å². The SMILES string of the molecule is CC(=O)[O-].NC(=[NH2+])c1ccc(CNC(=O)C[C@@H]2OCCN(NS(=O)(=O)Cc3ccccc3)C2=O)cc1. The maximum atomic E-state index is 12.6. The summed E-state index contributed by atoms with van der Waals surface area (Å²) < 4.78 is 30.3. The summed E-state index contributed by atoms with van der Waals surface area (Å²) in [5.41, 5.74) is 7.64. The first-order chi connectivity index (χ1) is 17.0. The van der Waals surface area contributed by atoms with E-state index in [0.717, 1.165) is 17.5 Å². The van der Waals surface area contributed by atoms with Crippen molar-refractivity contribution >= 4 is 33.6 Å². The summed E-state index contributed by atoms with van der Waals surface area (Å²) >= 11 is 0. The highest BCUT2D eigenvalue weighted by Gasteiger charge is 2.33. The van der Waals surface area contributed by atoms with Crippen LogP contribution < -0.4 is 26.4 Å². The van der Waals surface area contributed by atoms with Crippen molar-refractivity contribution in [2.75, 3.05) is 13.2 Å². The number of aliphatic carboxylic acids is 1. The number of hydrogen-bond acceptors (Lipinski definition) is 7. The number of ether oxygens (including phenoxy) is 1. The van der Waals surface area contributed by atoms with Gasteiger partial charge < -0.3 is 20.0 Å². The van der Waals surface area contributed by atoms with E-state index in [4.69, 9.17) is 25.8 Å². The summed E-state index contributed by atoms with van der Waals surface area (Å²) in [5.74, 6) is -2.15. The predicted octanol–water partition coefficient (Wildman–Crippen LogP) is -2.82. The molecular formula is C23H29N5O7S. The lowest BCUT2D eigenvalue weighted by molar-refractivity contribution is -0.302. The van der Waals surface area contributed by atoms with Crippen LogP contribution in [0.2, 0.25) is 0 Å². The Morgan fingerprint density at radius 3 is 2.33 bits per heavy atom. The second-order valence-corrected chi connectivity index (χ2v) is 9.51. The molecule has 0 aromatic heterocycles. The number of carbonyl (C=O) groups excluding carboxylic acids is 3. The van der Waals surface area contributed by atoms with Gasteiger partial charge in [0.25, 0.3) is 11.7 Å². The number of amidine groups is 1. The zero-order chi connectivity index (χ0) is 26.7. The summed E-state index contributed by atoms with van der Waals surface area (Å²) in [7, 11) is -3.80. The third-order valence-corrected chi connectivity index (χ3v) is 5.98. The van der Waals surface area contributed by atoms with E-state index in [-0.39, 0.29) is 37.7 Å². The Kier molecular flexibility index (Phi) is 10.5. The van der Waals surface area contributed by atoms with Gasteiger partial charge in [0.05, 0.1) is 30.9 Å². The largest absolute Gasteiger partial charge is 0.550 e. The lowest BCUT2D eigenvalue weighted by Gasteiger charge is -2.32. The number of nitrogens with two attached hydrogens (primary N) is 2. The van der Waals surface area contributed by atoms with Gasteiger partial charge in [0, 0.05) is 12.5 Å². The third kappa shape index (κ3) is 9.82. The number of nitrogens with one attached hydrogen (secondary N) is 2. The highest BCUT2D eigenvalue weighted by molar-refractivity contribution is 7.88. The molecule has 6 N–H and O–H groups in total. The number of rotatable bonds is 9. The van der Waals surface area contributed by atoms with Crippen molar-refractivity contribution in [2.24, 2.45) is 5.73 Å². The molecular weight excluding hydrogens is 490 g/mol. The average molecular weight is 520 g/mol. The van der Waals surface area contributed by atoms with Gasteiger partial charge in [-0.15, -0.1) is 4.83 Å². The van der Waals surface area contributed by atoms with Crippen molar-refractivity contribution in [3.63, 3.8) is 0 Å². The molecule has 2 aromatic rings. The van der Waals surface area contributed by atoms with Crippen LogP contribution in [-0.2, 0) is 41.4 Å². The Labute approximate surface area is 209 Å². The summed E-state index contributed by atoms with van der Waals surface area (Å²) in [4.78, 5) is 36.1. The number of hydrogen-bond donors (Lipinski definition) is 4. The Morgan fingerprint density at radius 2 is 1.75 bits per heavy atom. The van der Waals surface area contributed by atoms with Crippen LogP contribution in [-0.4, -0.2) is 56.3 Å². The normalized spacial score (nSPS) is 15.4. The first-order valence-corrected chi connectivity index (χ1v) is 12.5. The maximum Gasteiger partial charge on any atom is 0.270 e. The van der Waals surface area contributed by atoms with Crippen molar-refractivity contribution in [1.82, 2.24) is 15.2 Å². The number of carbonyl (C=O) groups is 3. The van der Waals surface area contributed by atoms with Gasteiger partial charge in [-0.05, 0) is 30.2 Å². The standard InChI is InChI=1S/C21H25N5O5S.C2H4O2/c22-20(23)17-8-6-15(7-9-17)13-24-19(27)12-18-21(28)26(10-11-31-18)25-32(29,30)14-16-4-2-1-3-5-16;1-2(3)4/h1-9,18,25H,10-14H2,(H3,22,23)(H,24,27);1H3,(H,3,4)/t18-;/m0./s1. The second-order valence-electron chi connectivity index (χ2n) is 7.81. The second kappa shape index (κ2) is 13.3. The molecule has 1 fully saturated rings. The van der Waals surface area contributed by atoms with E-state index in [2.05, 4.69) is 10.1 Å². The quantitative estimate of drug-likeness (QED) is 0.201. The Balaban J connectivity index is 0.00000106. The molecule has 2 aromatic carbocycles. The molecule has 0 aliphatic carbocycles. The van der Waals surface area contributed by atoms with E-state index in [0.29, 0.717) is 11.1 Å². The molecule has 0 unspecified atom stereocenters. The number of carboxylic acids is 1. The van der Waals surface area contributed by atoms with E-state index in [1.54, 1.807) is 54.6 Å². The van der Waals surface area contributed by atoms with E-state index in [9.17, 15) is 18.0 Å². The van der Waals surface area contributed by atoms with Crippen LogP contribution in [0.5, 0.6) is 0 Å². The molecule has 1 aliphatic rings. The van der Waals surface area contributed by atoms with Gasteiger partial charge in [-0.1, -0.05) is 42.5 Å². The minimum absolute atomic E-state index is 0.0542. The number of morpholine rings is 1. The Hall–Kier alpha value is -3.81. The first kappa shape index (κ1) is 28.4. The van der Waals surface area contributed by atoms with Gasteiger partial charge in [-0.2, -0.15) is 0 Å². The number of benzene rings is 2. The van der Waals surface area contributed by atoms with Gasteiger partial charge >= 0.3 is 0 Å². The molecule has 0 bridgehead atoms. The summed E-state index contributed by atoms with van der Waals surface area (Å²) in [6, 6.07) is 15.7. The van der Waals surface area contributed by atoms with Gasteiger partial charge in [0.2, 0.25) is 15.9 Å². The number of carboxylic acid groups (broad SMARTS) is 1. The van der Waals surface area contributed by atoms with Crippen LogP contribution in [0.15, 0.2) is 54.6 Å². The van der Waals surface area contributed by atoms with E-state index >= 15 is 0 Å². The van der Waals surface area contributed by atoms with Gasteiger partial charge in [0.1, 0.15) is 6.10 Å². The molecule has 1 saturated heterocycles. The lowest BCUT2D eigenvalue weighted by atomic mass is 10.1. The van der Waals surface area contributed by atoms with Crippen molar-refractivity contribution < 1.29 is 38.1 Å². The molecule has 13 heteroatoms. The van der Waals surface area contributed by atoms with Gasteiger partial charge in [-0.3, -0.25) is 25.7 Å². The summed E-state index contributed by atoms with van der Waals surface area (Å²) in [6.07, 6.45) is -1.30. The molecule has 0 saturated carbocycles. The predicted molar refractivity (Wildman–Crippen MR) is 127 cm³/mol. The zero-order valence-corrected chi connectivity index (χ0v) is 20.5. The maximum absolute atomic E-state index is 12.6. The van der Waals surface area contributed by atoms with Crippen LogP contribution in [0, 0.1) is 0 Å². The first-order valence-electron chi connectivity index (χ1n) is 10.9. The van der Waals surface area contributed by atoms with E-state index < -0.39 is 33.9 Å². The number of nitrogens with zero attached hydrogens (tertiary/aromatic N) is 1. The van der Waals surface area contributed by atoms with Crippen LogP contribution >= 0.6 is 0 Å². The number of hydrazine groups is 1. The molecule has 0 radical (unpaired) electrons. The van der Waals surface area contributed by atoms with Crippen LogP contribution in [0.1, 0.15) is 30.0 Å². The monoisotopic (exact) mass is 519 g/mol. The smallest absolute Gasteiger partial charge is 0.270 e. The lowest BCUT2D eigenvalue weighted by Crippen LogP contribution is -2.56. The topological polar surface area (TPSA) is 197 Å². The molecule has 3 rings (SSSR count). The van der Waals surface area contributed by atoms with Crippen LogP contribution in [0.3, 0.4) is 0 Å². The fraction of sp³-hybridized carbons (Fsp3) is 0.304.